The SMILES string of the molecule is CCOC(=O)CC=Cc1ncc(C(=O)OC)s1. The molecule has 0 amide bonds. The van der Waals surface area contributed by atoms with Gasteiger partial charge in [0.25, 0.3) is 0 Å². The molecule has 0 fully saturated rings. The van der Waals surface area contributed by atoms with E-state index < -0.39 is 5.97 Å². The van der Waals surface area contributed by atoms with Gasteiger partial charge in [0.1, 0.15) is 9.88 Å². The van der Waals surface area contributed by atoms with Gasteiger partial charge < -0.3 is 9.47 Å². The summed E-state index contributed by atoms with van der Waals surface area (Å²) in [4.78, 5) is 26.6. The van der Waals surface area contributed by atoms with Gasteiger partial charge in [0.15, 0.2) is 0 Å². The van der Waals surface area contributed by atoms with Gasteiger partial charge in [-0.1, -0.05) is 6.08 Å². The van der Waals surface area contributed by atoms with Crippen molar-refractivity contribution in [3.8, 4) is 0 Å². The van der Waals surface area contributed by atoms with Crippen molar-refractivity contribution in [2.45, 2.75) is 13.3 Å². The highest BCUT2D eigenvalue weighted by atomic mass is 32.1. The Morgan fingerprint density at radius 3 is 2.94 bits per heavy atom. The molecule has 6 heteroatoms. The van der Waals surface area contributed by atoms with E-state index in [9.17, 15) is 9.59 Å². The Morgan fingerprint density at radius 1 is 1.53 bits per heavy atom. The van der Waals surface area contributed by atoms with Gasteiger partial charge in [-0.05, 0) is 13.0 Å². The lowest BCUT2D eigenvalue weighted by molar-refractivity contribution is -0.142. The first-order chi connectivity index (χ1) is 8.17. The first kappa shape index (κ1) is 13.4. The molecule has 0 aliphatic carbocycles. The summed E-state index contributed by atoms with van der Waals surface area (Å²) < 4.78 is 9.32. The van der Waals surface area contributed by atoms with Crippen LogP contribution in [0, 0.1) is 0 Å². The number of thiazole rings is 1. The number of hydrogen-bond donors (Lipinski definition) is 0. The van der Waals surface area contributed by atoms with Crippen molar-refractivity contribution in [2.75, 3.05) is 13.7 Å². The number of ether oxygens (including phenoxy) is 2. The van der Waals surface area contributed by atoms with Crippen LogP contribution in [0.25, 0.3) is 6.08 Å². The van der Waals surface area contributed by atoms with Gasteiger partial charge in [0.05, 0.1) is 26.3 Å². The Kier molecular flexibility index (Phi) is 5.35. The molecule has 1 rings (SSSR count). The van der Waals surface area contributed by atoms with Crippen LogP contribution in [0.3, 0.4) is 0 Å². The summed E-state index contributed by atoms with van der Waals surface area (Å²) in [5.74, 6) is -0.693. The van der Waals surface area contributed by atoms with E-state index in [1.807, 2.05) is 0 Å². The van der Waals surface area contributed by atoms with Crippen LogP contribution in [0.2, 0.25) is 0 Å². The second-order valence-electron chi connectivity index (χ2n) is 2.97. The highest BCUT2D eigenvalue weighted by Crippen LogP contribution is 2.15. The van der Waals surface area contributed by atoms with Gasteiger partial charge in [-0.25, -0.2) is 9.78 Å². The fraction of sp³-hybridized carbons (Fsp3) is 0.364. The highest BCUT2D eigenvalue weighted by Gasteiger charge is 2.08. The summed E-state index contributed by atoms with van der Waals surface area (Å²) in [5, 5.41) is 0.648. The topological polar surface area (TPSA) is 65.5 Å². The third kappa shape index (κ3) is 4.36. The quantitative estimate of drug-likeness (QED) is 0.752. The molecule has 0 spiro atoms. The minimum absolute atomic E-state index is 0.195. The molecular formula is C11H13NO4S. The Balaban J connectivity index is 2.51. The Labute approximate surface area is 103 Å². The van der Waals surface area contributed by atoms with Gasteiger partial charge in [0.2, 0.25) is 0 Å². The Bertz CT molecular complexity index is 425. The summed E-state index contributed by atoms with van der Waals surface area (Å²) in [6.07, 6.45) is 4.97. The summed E-state index contributed by atoms with van der Waals surface area (Å²) in [6, 6.07) is 0. The van der Waals surface area contributed by atoms with E-state index in [1.54, 1.807) is 19.1 Å². The number of methoxy groups -OCH3 is 1. The first-order valence-corrected chi connectivity index (χ1v) is 5.85. The van der Waals surface area contributed by atoms with Gasteiger partial charge >= 0.3 is 11.9 Å². The zero-order valence-corrected chi connectivity index (χ0v) is 10.5. The van der Waals surface area contributed by atoms with Crippen LogP contribution in [0.15, 0.2) is 12.3 Å². The third-order valence-electron chi connectivity index (χ3n) is 1.76. The zero-order chi connectivity index (χ0) is 12.7. The van der Waals surface area contributed by atoms with Crippen LogP contribution in [0.1, 0.15) is 28.0 Å². The maximum atomic E-state index is 11.1. The van der Waals surface area contributed by atoms with Gasteiger partial charge in [0, 0.05) is 0 Å². The van der Waals surface area contributed by atoms with Crippen LogP contribution < -0.4 is 0 Å². The second-order valence-corrected chi connectivity index (χ2v) is 4.03. The molecule has 0 radical (unpaired) electrons. The van der Waals surface area contributed by atoms with Gasteiger partial charge in [-0.3, -0.25) is 4.79 Å². The van der Waals surface area contributed by atoms with Crippen molar-refractivity contribution in [3.63, 3.8) is 0 Å². The number of rotatable bonds is 5. The van der Waals surface area contributed by atoms with Crippen molar-refractivity contribution in [2.24, 2.45) is 0 Å². The number of hydrogen-bond acceptors (Lipinski definition) is 6. The summed E-state index contributed by atoms with van der Waals surface area (Å²) in [5.41, 5.74) is 0. The van der Waals surface area contributed by atoms with E-state index in [4.69, 9.17) is 4.74 Å². The summed E-state index contributed by atoms with van der Waals surface area (Å²) >= 11 is 1.21. The molecular weight excluding hydrogens is 242 g/mol. The fourth-order valence-corrected chi connectivity index (χ4v) is 1.80. The average molecular weight is 255 g/mol. The minimum Gasteiger partial charge on any atom is -0.466 e. The smallest absolute Gasteiger partial charge is 0.349 e. The number of esters is 2. The van der Waals surface area contributed by atoms with Crippen molar-refractivity contribution in [1.82, 2.24) is 4.98 Å². The molecule has 0 saturated heterocycles. The molecule has 0 aliphatic rings. The number of carbonyl (C=O) groups excluding carboxylic acids is 2. The Morgan fingerprint density at radius 2 is 2.29 bits per heavy atom. The molecule has 5 nitrogen and oxygen atoms in total. The molecule has 1 aromatic heterocycles. The Hall–Kier alpha value is -1.69. The molecule has 17 heavy (non-hydrogen) atoms. The van der Waals surface area contributed by atoms with Crippen molar-refractivity contribution in [1.29, 1.82) is 0 Å². The van der Waals surface area contributed by atoms with E-state index in [1.165, 1.54) is 24.6 Å². The molecule has 0 atom stereocenters. The van der Waals surface area contributed by atoms with Crippen LogP contribution in [0.5, 0.6) is 0 Å². The van der Waals surface area contributed by atoms with Crippen LogP contribution in [-0.4, -0.2) is 30.6 Å². The van der Waals surface area contributed by atoms with E-state index in [-0.39, 0.29) is 12.4 Å². The largest absolute Gasteiger partial charge is 0.466 e. The second kappa shape index (κ2) is 6.80. The lowest BCUT2D eigenvalue weighted by Gasteiger charge is -1.95. The molecule has 1 heterocycles. The van der Waals surface area contributed by atoms with E-state index >= 15 is 0 Å². The standard InChI is InChI=1S/C11H13NO4S/c1-3-16-10(13)6-4-5-9-12-7-8(17-9)11(14)15-2/h4-5,7H,3,6H2,1-2H3. The lowest BCUT2D eigenvalue weighted by atomic mass is 10.4. The van der Waals surface area contributed by atoms with E-state index in [2.05, 4.69) is 9.72 Å². The normalized spacial score (nSPS) is 10.5. The zero-order valence-electron chi connectivity index (χ0n) is 9.63. The van der Waals surface area contributed by atoms with Crippen molar-refractivity contribution < 1.29 is 19.1 Å². The fourth-order valence-electron chi connectivity index (χ4n) is 1.04. The maximum Gasteiger partial charge on any atom is 0.349 e. The van der Waals surface area contributed by atoms with Crippen LogP contribution >= 0.6 is 11.3 Å². The van der Waals surface area contributed by atoms with Crippen molar-refractivity contribution >= 4 is 29.4 Å². The predicted octanol–water partition coefficient (Wildman–Crippen LogP) is 1.90. The molecule has 1 aromatic rings. The monoisotopic (exact) mass is 255 g/mol. The maximum absolute atomic E-state index is 11.1. The predicted molar refractivity (Wildman–Crippen MR) is 63.7 cm³/mol. The number of nitrogens with zero attached hydrogens (tertiary/aromatic N) is 1. The van der Waals surface area contributed by atoms with Gasteiger partial charge in [-0.15, -0.1) is 11.3 Å². The van der Waals surface area contributed by atoms with Crippen LogP contribution in [-0.2, 0) is 14.3 Å². The summed E-state index contributed by atoms with van der Waals surface area (Å²) in [6.45, 7) is 2.13. The molecule has 0 bridgehead atoms. The minimum atomic E-state index is -0.410. The molecule has 0 saturated carbocycles. The number of carbonyl (C=O) groups is 2. The molecule has 0 aromatic carbocycles. The third-order valence-corrected chi connectivity index (χ3v) is 2.70. The summed E-state index contributed by atoms with van der Waals surface area (Å²) in [7, 11) is 1.32. The van der Waals surface area contributed by atoms with Crippen molar-refractivity contribution in [3.05, 3.63) is 22.2 Å². The van der Waals surface area contributed by atoms with E-state index in [0.717, 1.165) is 0 Å². The molecule has 0 unspecified atom stereocenters. The molecule has 92 valence electrons. The first-order valence-electron chi connectivity index (χ1n) is 5.03. The lowest BCUT2D eigenvalue weighted by Crippen LogP contribution is -2.01. The van der Waals surface area contributed by atoms with E-state index in [0.29, 0.717) is 16.5 Å². The highest BCUT2D eigenvalue weighted by molar-refractivity contribution is 7.14. The molecule has 0 N–H and O–H groups in total. The average Bonchev–Trinajstić information content (AvgIpc) is 2.77. The van der Waals surface area contributed by atoms with Crippen LogP contribution in [0.4, 0.5) is 0 Å². The molecule has 0 aliphatic heterocycles. The number of aromatic nitrogens is 1. The van der Waals surface area contributed by atoms with Gasteiger partial charge in [-0.2, -0.15) is 0 Å².